The molecule has 0 bridgehead atoms. The van der Waals surface area contributed by atoms with Gasteiger partial charge in [0.15, 0.2) is 5.82 Å². The van der Waals surface area contributed by atoms with E-state index in [4.69, 9.17) is 14.2 Å². The van der Waals surface area contributed by atoms with Gasteiger partial charge < -0.3 is 19.2 Å². The Morgan fingerprint density at radius 1 is 1.05 bits per heavy atom. The third-order valence-corrected chi connectivity index (χ3v) is 8.16. The number of hydrogen-bond donors (Lipinski definition) is 1. The molecule has 6 rings (SSSR count). The Balaban J connectivity index is 1.51. The van der Waals surface area contributed by atoms with E-state index in [2.05, 4.69) is 31.5 Å². The maximum atomic E-state index is 13.8. The van der Waals surface area contributed by atoms with Gasteiger partial charge in [-0.25, -0.2) is 4.68 Å². The van der Waals surface area contributed by atoms with Crippen LogP contribution < -0.4 is 15.0 Å². The van der Waals surface area contributed by atoms with Crippen LogP contribution in [-0.2, 0) is 11.3 Å². The number of methoxy groups -OCH3 is 2. The monoisotopic (exact) mass is 544 g/mol. The number of aromatic nitrogens is 5. The number of ether oxygens (including phenoxy) is 3. The van der Waals surface area contributed by atoms with Gasteiger partial charge in [0.1, 0.15) is 17.5 Å². The number of pyridine rings is 1. The number of benzene rings is 2. The minimum absolute atomic E-state index is 0.0588. The smallest absolute Gasteiger partial charge is 0.253 e. The number of H-pyrrole nitrogens is 1. The molecule has 2 aromatic carbocycles. The van der Waals surface area contributed by atoms with Gasteiger partial charge in [0.2, 0.25) is 0 Å². The molecule has 1 aliphatic heterocycles. The van der Waals surface area contributed by atoms with Crippen molar-refractivity contribution < 1.29 is 14.2 Å². The Morgan fingerprint density at radius 3 is 2.65 bits per heavy atom. The maximum absolute atomic E-state index is 13.8. The van der Waals surface area contributed by atoms with Crippen molar-refractivity contribution >= 4 is 10.9 Å². The second-order valence-corrected chi connectivity index (χ2v) is 10.7. The molecular weight excluding hydrogens is 508 g/mol. The summed E-state index contributed by atoms with van der Waals surface area (Å²) in [5.74, 6) is 2.20. The third kappa shape index (κ3) is 5.46. The second-order valence-electron chi connectivity index (χ2n) is 10.7. The number of rotatable bonds is 10. The summed E-state index contributed by atoms with van der Waals surface area (Å²) < 4.78 is 19.1. The Kier molecular flexibility index (Phi) is 7.79. The number of hydrogen-bond acceptors (Lipinski definition) is 8. The fourth-order valence-electron chi connectivity index (χ4n) is 6.14. The molecule has 210 valence electrons. The summed E-state index contributed by atoms with van der Waals surface area (Å²) in [7, 11) is 3.31. The van der Waals surface area contributed by atoms with E-state index in [9.17, 15) is 4.79 Å². The third-order valence-electron chi connectivity index (χ3n) is 8.16. The van der Waals surface area contributed by atoms with Crippen molar-refractivity contribution in [2.45, 2.75) is 63.3 Å². The quantitative estimate of drug-likeness (QED) is 0.313. The lowest BCUT2D eigenvalue weighted by Crippen LogP contribution is -2.39. The van der Waals surface area contributed by atoms with Gasteiger partial charge >= 0.3 is 0 Å². The molecule has 1 saturated carbocycles. The van der Waals surface area contributed by atoms with Crippen LogP contribution in [0.1, 0.15) is 67.6 Å². The topological polar surface area (TPSA) is 107 Å². The largest absolute Gasteiger partial charge is 0.497 e. The lowest BCUT2D eigenvalue weighted by Gasteiger charge is -2.33. The van der Waals surface area contributed by atoms with E-state index in [0.29, 0.717) is 24.5 Å². The summed E-state index contributed by atoms with van der Waals surface area (Å²) in [5.41, 5.74) is 2.26. The number of aromatic amines is 1. The number of fused-ring (bicyclic) bond motifs is 1. The van der Waals surface area contributed by atoms with Gasteiger partial charge in [-0.15, -0.1) is 5.10 Å². The first-order chi connectivity index (χ1) is 19.6. The Bertz CT molecular complexity index is 1510. The van der Waals surface area contributed by atoms with E-state index >= 15 is 0 Å². The summed E-state index contributed by atoms with van der Waals surface area (Å²) in [5, 5.41) is 14.1. The summed E-state index contributed by atoms with van der Waals surface area (Å²) >= 11 is 0. The molecule has 1 N–H and O–H groups in total. The van der Waals surface area contributed by atoms with E-state index in [1.165, 1.54) is 0 Å². The van der Waals surface area contributed by atoms with E-state index in [-0.39, 0.29) is 17.7 Å². The molecule has 0 spiro atoms. The molecule has 2 aromatic heterocycles. The van der Waals surface area contributed by atoms with Crippen molar-refractivity contribution in [1.82, 2.24) is 30.1 Å². The van der Waals surface area contributed by atoms with Crippen molar-refractivity contribution in [3.8, 4) is 11.5 Å². The van der Waals surface area contributed by atoms with Crippen LogP contribution in [-0.4, -0.2) is 63.6 Å². The summed E-state index contributed by atoms with van der Waals surface area (Å²) in [6, 6.07) is 15.4. The Hall–Kier alpha value is -3.76. The van der Waals surface area contributed by atoms with Crippen LogP contribution in [0.25, 0.3) is 10.9 Å². The summed E-state index contributed by atoms with van der Waals surface area (Å²) in [6.07, 6.45) is 6.40. The van der Waals surface area contributed by atoms with Crippen molar-refractivity contribution in [2.24, 2.45) is 0 Å². The first kappa shape index (κ1) is 26.5. The van der Waals surface area contributed by atoms with Gasteiger partial charge in [-0.1, -0.05) is 25.0 Å². The molecule has 2 atom stereocenters. The van der Waals surface area contributed by atoms with Crippen LogP contribution in [0.15, 0.2) is 53.3 Å². The first-order valence-electron chi connectivity index (χ1n) is 14.1. The maximum Gasteiger partial charge on any atom is 0.253 e. The molecule has 10 nitrogen and oxygen atoms in total. The van der Waals surface area contributed by atoms with Gasteiger partial charge in [0.25, 0.3) is 5.56 Å². The first-order valence-corrected chi connectivity index (χ1v) is 14.1. The normalized spacial score (nSPS) is 18.5. The van der Waals surface area contributed by atoms with Crippen LogP contribution in [0, 0.1) is 0 Å². The zero-order valence-electron chi connectivity index (χ0n) is 23.1. The highest BCUT2D eigenvalue weighted by Gasteiger charge is 2.35. The van der Waals surface area contributed by atoms with Gasteiger partial charge in [-0.3, -0.25) is 9.69 Å². The molecule has 2 unspecified atom stereocenters. The zero-order chi connectivity index (χ0) is 27.5. The molecule has 1 saturated heterocycles. The molecule has 40 heavy (non-hydrogen) atoms. The zero-order valence-corrected chi connectivity index (χ0v) is 23.1. The molecule has 1 aliphatic carbocycles. The minimum Gasteiger partial charge on any atom is -0.497 e. The second kappa shape index (κ2) is 11.8. The van der Waals surface area contributed by atoms with Crippen molar-refractivity contribution in [3.63, 3.8) is 0 Å². The van der Waals surface area contributed by atoms with Crippen molar-refractivity contribution in [1.29, 1.82) is 0 Å². The van der Waals surface area contributed by atoms with E-state index in [1.807, 2.05) is 47.1 Å². The number of tetrazole rings is 1. The molecule has 3 heterocycles. The van der Waals surface area contributed by atoms with Crippen LogP contribution in [0.2, 0.25) is 0 Å². The van der Waals surface area contributed by atoms with Crippen LogP contribution in [0.5, 0.6) is 11.5 Å². The highest BCUT2D eigenvalue weighted by molar-refractivity contribution is 5.80. The molecule has 10 heteroatoms. The molecule has 0 amide bonds. The molecular formula is C30H36N6O4. The number of nitrogens with zero attached hydrogens (tertiary/aromatic N) is 5. The fourth-order valence-corrected chi connectivity index (χ4v) is 6.14. The highest BCUT2D eigenvalue weighted by Crippen LogP contribution is 2.35. The average molecular weight is 545 g/mol. The van der Waals surface area contributed by atoms with Crippen molar-refractivity contribution in [3.05, 3.63) is 75.8 Å². The van der Waals surface area contributed by atoms with Gasteiger partial charge in [0.05, 0.1) is 26.4 Å². The van der Waals surface area contributed by atoms with Gasteiger partial charge in [-0.05, 0) is 78.1 Å². The fraction of sp³-hybridized carbons (Fsp3) is 0.467. The minimum atomic E-state index is -0.495. The lowest BCUT2D eigenvalue weighted by atomic mass is 10.0. The molecule has 2 aliphatic rings. The summed E-state index contributed by atoms with van der Waals surface area (Å²) in [6.45, 7) is 1.95. The lowest BCUT2D eigenvalue weighted by molar-refractivity contribution is 0.0569. The molecule has 2 fully saturated rings. The SMILES string of the molecule is COc1cccc(CN(CC2CCCO2)C(c2cc3cc(OC)ccc3[nH]c2=O)c2nnnn2C2CCCC2)c1. The van der Waals surface area contributed by atoms with Crippen LogP contribution in [0.4, 0.5) is 0 Å². The van der Waals surface area contributed by atoms with Crippen LogP contribution >= 0.6 is 0 Å². The van der Waals surface area contributed by atoms with Gasteiger partial charge in [0, 0.05) is 36.2 Å². The molecule has 4 aromatic rings. The highest BCUT2D eigenvalue weighted by atomic mass is 16.5. The standard InChI is InChI=1S/C30H36N6O4/c1-38-23-10-5-7-20(15-23)18-35(19-25-11-6-14-40-25)28(29-32-33-34-36(29)22-8-3-4-9-22)26-17-21-16-24(39-2)12-13-27(21)31-30(26)37/h5,7,10,12-13,15-17,22,25,28H,3-4,6,8-9,11,14,18-19H2,1-2H3,(H,31,37). The van der Waals surface area contributed by atoms with E-state index in [0.717, 1.165) is 73.1 Å². The predicted octanol–water partition coefficient (Wildman–Crippen LogP) is 4.42. The Morgan fingerprint density at radius 2 is 1.88 bits per heavy atom. The average Bonchev–Trinajstić information content (AvgIpc) is 3.77. The summed E-state index contributed by atoms with van der Waals surface area (Å²) in [4.78, 5) is 19.2. The van der Waals surface area contributed by atoms with Crippen LogP contribution in [0.3, 0.4) is 0 Å². The number of nitrogens with one attached hydrogen (secondary N) is 1. The molecule has 0 radical (unpaired) electrons. The van der Waals surface area contributed by atoms with Gasteiger partial charge in [-0.2, -0.15) is 0 Å². The predicted molar refractivity (Wildman–Crippen MR) is 151 cm³/mol. The van der Waals surface area contributed by atoms with E-state index < -0.39 is 6.04 Å². The van der Waals surface area contributed by atoms with E-state index in [1.54, 1.807) is 14.2 Å². The van der Waals surface area contributed by atoms with Crippen molar-refractivity contribution in [2.75, 3.05) is 27.4 Å². The Labute approximate surface area is 233 Å².